The molecule has 2 aromatic carbocycles. The van der Waals surface area contributed by atoms with E-state index in [0.29, 0.717) is 11.3 Å². The minimum atomic E-state index is -3.81. The number of hydrogen-bond acceptors (Lipinski definition) is 9. The zero-order valence-electron chi connectivity index (χ0n) is 17.3. The normalized spacial score (nSPS) is 25.4. The summed E-state index contributed by atoms with van der Waals surface area (Å²) >= 11 is 1.00. The minimum absolute atomic E-state index is 0.0295. The van der Waals surface area contributed by atoms with Crippen molar-refractivity contribution in [2.45, 2.75) is 41.3 Å². The molecule has 0 aromatic heterocycles. The van der Waals surface area contributed by atoms with Gasteiger partial charge in [-0.3, -0.25) is 9.62 Å². The lowest BCUT2D eigenvalue weighted by Crippen LogP contribution is -2.65. The molecule has 0 radical (unpaired) electrons. The lowest BCUT2D eigenvalue weighted by Gasteiger charge is -2.44. The maximum atomic E-state index is 13.0. The zero-order valence-corrected chi connectivity index (χ0v) is 18.9. The number of rotatable bonds is 7. The van der Waals surface area contributed by atoms with Crippen LogP contribution in [0.4, 0.5) is 10.5 Å². The van der Waals surface area contributed by atoms with Gasteiger partial charge in [0, 0.05) is 11.4 Å². The topological polar surface area (TPSA) is 183 Å². The summed E-state index contributed by atoms with van der Waals surface area (Å²) in [5.41, 5.74) is 1.06. The fraction of sp³-hybridized carbons (Fsp3) is 0.350. The summed E-state index contributed by atoms with van der Waals surface area (Å²) in [5.74, 6) is 0.286. The Balaban J connectivity index is 1.74. The first-order valence-electron chi connectivity index (χ1n) is 9.81. The van der Waals surface area contributed by atoms with Crippen LogP contribution in [0.15, 0.2) is 59.5 Å². The monoisotopic (exact) mass is 499 g/mol. The first-order chi connectivity index (χ1) is 15.6. The molecule has 0 aliphatic carbocycles. The van der Waals surface area contributed by atoms with Gasteiger partial charge >= 0.3 is 6.03 Å². The number of nitrogens with zero attached hydrogens (tertiary/aromatic N) is 1. The molecule has 0 unspecified atom stereocenters. The number of anilines is 1. The summed E-state index contributed by atoms with van der Waals surface area (Å²) in [6.45, 7) is -0.630. The summed E-state index contributed by atoms with van der Waals surface area (Å²) in [5, 5.41) is 45.2. The first kappa shape index (κ1) is 25.4. The Morgan fingerprint density at radius 1 is 1.03 bits per heavy atom. The minimum Gasteiger partial charge on any atom is -0.394 e. The number of carbonyl (C=O) groups excluding carboxylic acids is 1. The van der Waals surface area contributed by atoms with Gasteiger partial charge in [0.2, 0.25) is 10.0 Å². The van der Waals surface area contributed by atoms with Gasteiger partial charge < -0.3 is 25.2 Å². The largest absolute Gasteiger partial charge is 0.394 e. The van der Waals surface area contributed by atoms with Gasteiger partial charge in [-0.15, -0.1) is 0 Å². The third-order valence-electron chi connectivity index (χ3n) is 5.02. The van der Waals surface area contributed by atoms with E-state index >= 15 is 0 Å². The molecule has 33 heavy (non-hydrogen) atoms. The molecule has 3 rings (SSSR count). The van der Waals surface area contributed by atoms with Crippen LogP contribution in [-0.2, 0) is 20.5 Å². The molecule has 0 spiro atoms. The summed E-state index contributed by atoms with van der Waals surface area (Å²) in [7, 11) is -3.81. The molecule has 180 valence electrons. The number of carbonyl (C=O) groups is 1. The summed E-state index contributed by atoms with van der Waals surface area (Å²) < 4.78 is 30.9. The van der Waals surface area contributed by atoms with E-state index in [4.69, 9.17) is 9.88 Å². The number of hydrogen-bond donors (Lipinski definition) is 6. The van der Waals surface area contributed by atoms with E-state index in [1.165, 1.54) is 12.1 Å². The molecule has 5 atom stereocenters. The Kier molecular flexibility index (Phi) is 8.31. The molecule has 2 aromatic rings. The molecule has 1 aliphatic heterocycles. The third kappa shape index (κ3) is 6.02. The molecule has 1 aliphatic rings. The second-order valence-electron chi connectivity index (χ2n) is 7.31. The molecule has 2 amide bonds. The Labute approximate surface area is 195 Å². The summed E-state index contributed by atoms with van der Waals surface area (Å²) in [6, 6.07) is 13.4. The van der Waals surface area contributed by atoms with Crippen LogP contribution in [-0.4, -0.2) is 72.1 Å². The molecular weight excluding hydrogens is 474 g/mol. The fourth-order valence-corrected chi connectivity index (χ4v) is 4.44. The van der Waals surface area contributed by atoms with E-state index in [1.807, 2.05) is 0 Å². The van der Waals surface area contributed by atoms with Crippen LogP contribution in [0.5, 0.6) is 0 Å². The van der Waals surface area contributed by atoms with Crippen molar-refractivity contribution in [1.82, 2.24) is 4.72 Å². The van der Waals surface area contributed by atoms with Crippen LogP contribution < -0.4 is 14.8 Å². The number of sulfonamides is 1. The Morgan fingerprint density at radius 2 is 1.67 bits per heavy atom. The number of primary sulfonamides is 1. The highest BCUT2D eigenvalue weighted by atomic mass is 32.2. The maximum Gasteiger partial charge on any atom is 0.334 e. The fourth-order valence-electron chi connectivity index (χ4n) is 3.27. The van der Waals surface area contributed by atoms with E-state index < -0.39 is 53.3 Å². The smallest absolute Gasteiger partial charge is 0.334 e. The van der Waals surface area contributed by atoms with Crippen molar-refractivity contribution in [2.75, 3.05) is 11.5 Å². The van der Waals surface area contributed by atoms with Gasteiger partial charge in [-0.1, -0.05) is 30.3 Å². The van der Waals surface area contributed by atoms with Gasteiger partial charge in [0.25, 0.3) is 0 Å². The van der Waals surface area contributed by atoms with Gasteiger partial charge in [-0.05, 0) is 41.8 Å². The molecule has 11 nitrogen and oxygen atoms in total. The van der Waals surface area contributed by atoms with Gasteiger partial charge in [-0.25, -0.2) is 18.4 Å². The van der Waals surface area contributed by atoms with Crippen LogP contribution in [0, 0.1) is 0 Å². The lowest BCUT2D eigenvalue weighted by molar-refractivity contribution is -0.226. The van der Waals surface area contributed by atoms with Crippen LogP contribution >= 0.6 is 11.9 Å². The predicted octanol–water partition coefficient (Wildman–Crippen LogP) is -0.502. The highest BCUT2D eigenvalue weighted by Crippen LogP contribution is 2.28. The lowest BCUT2D eigenvalue weighted by atomic mass is 9.97. The quantitative estimate of drug-likeness (QED) is 0.273. The molecule has 1 saturated heterocycles. The van der Waals surface area contributed by atoms with Crippen LogP contribution in [0.3, 0.4) is 0 Å². The van der Waals surface area contributed by atoms with E-state index in [0.717, 1.165) is 16.8 Å². The average molecular weight is 500 g/mol. The second-order valence-corrected chi connectivity index (χ2v) is 9.65. The van der Waals surface area contributed by atoms with E-state index in [9.17, 15) is 33.6 Å². The molecule has 1 fully saturated rings. The van der Waals surface area contributed by atoms with Crippen LogP contribution in [0.1, 0.15) is 5.56 Å². The van der Waals surface area contributed by atoms with Crippen molar-refractivity contribution in [1.29, 1.82) is 0 Å². The van der Waals surface area contributed by atoms with Gasteiger partial charge in [0.15, 0.2) is 6.23 Å². The predicted molar refractivity (Wildman–Crippen MR) is 120 cm³/mol. The van der Waals surface area contributed by atoms with Crippen molar-refractivity contribution in [3.63, 3.8) is 0 Å². The number of aliphatic hydroxyl groups excluding tert-OH is 4. The van der Waals surface area contributed by atoms with Crippen LogP contribution in [0.2, 0.25) is 0 Å². The number of nitrogens with one attached hydrogen (secondary N) is 1. The molecule has 0 bridgehead atoms. The van der Waals surface area contributed by atoms with Gasteiger partial charge in [0.05, 0.1) is 11.5 Å². The first-order valence-corrected chi connectivity index (χ1v) is 12.3. The molecular formula is C20H25N3O8S2. The van der Waals surface area contributed by atoms with E-state index in [1.54, 1.807) is 42.5 Å². The zero-order chi connectivity index (χ0) is 24.2. The van der Waals surface area contributed by atoms with E-state index in [2.05, 4.69) is 4.72 Å². The average Bonchev–Trinajstić information content (AvgIpc) is 2.80. The third-order valence-corrected chi connectivity index (χ3v) is 6.75. The van der Waals surface area contributed by atoms with Crippen molar-refractivity contribution < 1.29 is 38.4 Å². The van der Waals surface area contributed by atoms with Gasteiger partial charge in [0.1, 0.15) is 24.4 Å². The van der Waals surface area contributed by atoms with Crippen molar-refractivity contribution in [3.05, 3.63) is 60.2 Å². The van der Waals surface area contributed by atoms with Crippen molar-refractivity contribution >= 4 is 33.7 Å². The number of aliphatic hydroxyl groups is 4. The summed E-state index contributed by atoms with van der Waals surface area (Å²) in [6.07, 6.45) is -7.43. The Morgan fingerprint density at radius 3 is 2.24 bits per heavy atom. The number of benzene rings is 2. The van der Waals surface area contributed by atoms with Gasteiger partial charge in [-0.2, -0.15) is 0 Å². The number of amides is 2. The van der Waals surface area contributed by atoms with Crippen LogP contribution in [0.25, 0.3) is 0 Å². The number of urea groups is 1. The highest BCUT2D eigenvalue weighted by molar-refractivity contribution is 7.97. The molecule has 1 heterocycles. The highest BCUT2D eigenvalue weighted by Gasteiger charge is 2.47. The SMILES string of the molecule is NS(=O)(=O)c1ccc(CSNC(=O)N(c2ccccc2)[C@@H]2O[C@H](CO)[C@@H](O)[C@H](O)[C@@H]2O)cc1. The second kappa shape index (κ2) is 10.8. The molecule has 0 saturated carbocycles. The summed E-state index contributed by atoms with van der Waals surface area (Å²) in [4.78, 5) is 14.1. The standard InChI is InChI=1S/C20H25N3O8S2/c21-33(29,30)14-8-6-12(7-9-14)11-32-22-20(28)23(13-4-2-1-3-5-13)19-18(27)17(26)16(25)15(10-24)31-19/h1-9,15-19,24-27H,10-11H2,(H,22,28)(H2,21,29,30)/t15-,16-,17+,18+,19-/m1/s1. The number of ether oxygens (including phenoxy) is 1. The molecule has 7 N–H and O–H groups in total. The number of para-hydroxylation sites is 1. The van der Waals surface area contributed by atoms with Crippen molar-refractivity contribution in [2.24, 2.45) is 5.14 Å². The van der Waals surface area contributed by atoms with Crippen molar-refractivity contribution in [3.8, 4) is 0 Å². The van der Waals surface area contributed by atoms with E-state index in [-0.39, 0.29) is 10.6 Å². The number of nitrogens with two attached hydrogens (primary N) is 1. The Bertz CT molecular complexity index is 1040. The Hall–Kier alpha value is -2.23. The maximum absolute atomic E-state index is 13.0. The molecule has 13 heteroatoms.